The fourth-order valence-electron chi connectivity index (χ4n) is 2.13. The summed E-state index contributed by atoms with van der Waals surface area (Å²) in [6.07, 6.45) is 0. The highest BCUT2D eigenvalue weighted by Gasteiger charge is 2.15. The fourth-order valence-corrected chi connectivity index (χ4v) is 2.13. The number of esters is 1. The van der Waals surface area contributed by atoms with Crippen LogP contribution < -0.4 is 10.6 Å². The quantitative estimate of drug-likeness (QED) is 0.830. The van der Waals surface area contributed by atoms with Crippen LogP contribution in [0, 0.1) is 6.92 Å². The molecule has 0 aliphatic rings. The summed E-state index contributed by atoms with van der Waals surface area (Å²) in [5.41, 5.74) is 1.05. The summed E-state index contributed by atoms with van der Waals surface area (Å²) in [5, 5.41) is 5.98. The molecule has 7 nitrogen and oxygen atoms in total. The molecule has 0 aliphatic heterocycles. The maximum Gasteiger partial charge on any atom is 0.337 e. The maximum atomic E-state index is 12.4. The molecular weight excluding hydrogens is 320 g/mol. The number of aryl methyl sites for hydroxylation is 1. The van der Waals surface area contributed by atoms with Crippen molar-refractivity contribution in [3.8, 4) is 0 Å². The standard InChI is InChI=1S/C18H22N4O3/c1-11-19-14(10-15(20-11)22-18(2,3)4)16(23)21-13-8-6-12(7-9-13)17(24)25-5/h6-10H,1-5H3,(H,21,23)(H,19,20,22). The van der Waals surface area contributed by atoms with Gasteiger partial charge < -0.3 is 15.4 Å². The minimum absolute atomic E-state index is 0.182. The Labute approximate surface area is 146 Å². The van der Waals surface area contributed by atoms with Crippen molar-refractivity contribution in [1.29, 1.82) is 0 Å². The normalized spacial score (nSPS) is 10.9. The molecule has 0 unspecified atom stereocenters. The van der Waals surface area contributed by atoms with Gasteiger partial charge in [-0.3, -0.25) is 4.79 Å². The maximum absolute atomic E-state index is 12.4. The number of benzene rings is 1. The summed E-state index contributed by atoms with van der Waals surface area (Å²) in [4.78, 5) is 32.3. The molecule has 2 rings (SSSR count). The van der Waals surface area contributed by atoms with Crippen LogP contribution in [0.25, 0.3) is 0 Å². The molecule has 7 heteroatoms. The lowest BCUT2D eigenvalue weighted by Gasteiger charge is -2.21. The molecule has 25 heavy (non-hydrogen) atoms. The number of hydrogen-bond donors (Lipinski definition) is 2. The van der Waals surface area contributed by atoms with E-state index in [2.05, 4.69) is 25.3 Å². The number of carbonyl (C=O) groups is 2. The first kappa shape index (κ1) is 18.4. The lowest BCUT2D eigenvalue weighted by molar-refractivity contribution is 0.0600. The van der Waals surface area contributed by atoms with Gasteiger partial charge in [-0.15, -0.1) is 0 Å². The van der Waals surface area contributed by atoms with Gasteiger partial charge in [0.05, 0.1) is 12.7 Å². The van der Waals surface area contributed by atoms with Crippen LogP contribution in [0.3, 0.4) is 0 Å². The highest BCUT2D eigenvalue weighted by Crippen LogP contribution is 2.15. The molecule has 2 N–H and O–H groups in total. The van der Waals surface area contributed by atoms with E-state index in [0.29, 0.717) is 22.9 Å². The third-order valence-electron chi connectivity index (χ3n) is 3.14. The van der Waals surface area contributed by atoms with Crippen molar-refractivity contribution in [3.63, 3.8) is 0 Å². The Balaban J connectivity index is 2.16. The van der Waals surface area contributed by atoms with Gasteiger partial charge in [0.25, 0.3) is 5.91 Å². The topological polar surface area (TPSA) is 93.2 Å². The summed E-state index contributed by atoms with van der Waals surface area (Å²) in [7, 11) is 1.32. The Morgan fingerprint density at radius 3 is 2.28 bits per heavy atom. The first-order valence-corrected chi connectivity index (χ1v) is 7.81. The number of rotatable bonds is 4. The Hall–Kier alpha value is -2.96. The largest absolute Gasteiger partial charge is 0.465 e. The van der Waals surface area contributed by atoms with Crippen molar-refractivity contribution >= 4 is 23.4 Å². The van der Waals surface area contributed by atoms with Crippen LogP contribution in [0.1, 0.15) is 47.4 Å². The van der Waals surface area contributed by atoms with Crippen molar-refractivity contribution < 1.29 is 14.3 Å². The van der Waals surface area contributed by atoms with Gasteiger partial charge in [-0.2, -0.15) is 0 Å². The van der Waals surface area contributed by atoms with Crippen LogP contribution in [0.5, 0.6) is 0 Å². The molecule has 0 bridgehead atoms. The second-order valence-electron chi connectivity index (χ2n) is 6.58. The number of aromatic nitrogens is 2. The number of nitrogens with zero attached hydrogens (tertiary/aromatic N) is 2. The number of amides is 1. The van der Waals surface area contributed by atoms with E-state index in [1.54, 1.807) is 37.3 Å². The Morgan fingerprint density at radius 2 is 1.72 bits per heavy atom. The molecule has 0 radical (unpaired) electrons. The molecule has 132 valence electrons. The van der Waals surface area contributed by atoms with Crippen LogP contribution in [0.4, 0.5) is 11.5 Å². The smallest absolute Gasteiger partial charge is 0.337 e. The first-order chi connectivity index (χ1) is 11.7. The zero-order valence-electron chi connectivity index (χ0n) is 15.0. The molecule has 1 aromatic heterocycles. The summed E-state index contributed by atoms with van der Waals surface area (Å²) >= 11 is 0. The van der Waals surface area contributed by atoms with Crippen LogP contribution in [-0.2, 0) is 4.74 Å². The fraction of sp³-hybridized carbons (Fsp3) is 0.333. The Kier molecular flexibility index (Phi) is 5.36. The second-order valence-corrected chi connectivity index (χ2v) is 6.58. The number of nitrogens with one attached hydrogen (secondary N) is 2. The molecule has 0 spiro atoms. The first-order valence-electron chi connectivity index (χ1n) is 7.81. The van der Waals surface area contributed by atoms with E-state index in [9.17, 15) is 9.59 Å². The number of ether oxygens (including phenoxy) is 1. The lowest BCUT2D eigenvalue weighted by atomic mass is 10.1. The molecule has 1 amide bonds. The van der Waals surface area contributed by atoms with Crippen LogP contribution in [-0.4, -0.2) is 34.5 Å². The third kappa shape index (κ3) is 5.27. The van der Waals surface area contributed by atoms with Gasteiger partial charge in [0.2, 0.25) is 0 Å². The highest BCUT2D eigenvalue weighted by molar-refractivity contribution is 6.03. The van der Waals surface area contributed by atoms with Crippen molar-refractivity contribution in [2.24, 2.45) is 0 Å². The molecule has 0 atom stereocenters. The summed E-state index contributed by atoms with van der Waals surface area (Å²) < 4.78 is 4.64. The van der Waals surface area contributed by atoms with Gasteiger partial charge in [-0.05, 0) is 52.0 Å². The number of methoxy groups -OCH3 is 1. The van der Waals surface area contributed by atoms with Gasteiger partial charge >= 0.3 is 5.97 Å². The average molecular weight is 342 g/mol. The summed E-state index contributed by atoms with van der Waals surface area (Å²) in [6, 6.07) is 8.04. The van der Waals surface area contributed by atoms with Gasteiger partial charge in [-0.1, -0.05) is 0 Å². The van der Waals surface area contributed by atoms with Gasteiger partial charge in [0, 0.05) is 17.3 Å². The minimum atomic E-state index is -0.429. The van der Waals surface area contributed by atoms with E-state index in [-0.39, 0.29) is 17.1 Å². The van der Waals surface area contributed by atoms with E-state index < -0.39 is 5.97 Å². The highest BCUT2D eigenvalue weighted by atomic mass is 16.5. The molecule has 1 heterocycles. The monoisotopic (exact) mass is 342 g/mol. The summed E-state index contributed by atoms with van der Waals surface area (Å²) in [5.74, 6) is 0.308. The van der Waals surface area contributed by atoms with Gasteiger partial charge in [0.1, 0.15) is 17.3 Å². The van der Waals surface area contributed by atoms with Crippen molar-refractivity contribution in [3.05, 3.63) is 47.4 Å². The third-order valence-corrected chi connectivity index (χ3v) is 3.14. The number of hydrogen-bond acceptors (Lipinski definition) is 6. The SMILES string of the molecule is COC(=O)c1ccc(NC(=O)c2cc(NC(C)(C)C)nc(C)n2)cc1. The molecule has 0 saturated carbocycles. The Bertz CT molecular complexity index is 780. The van der Waals surface area contributed by atoms with Crippen molar-refractivity contribution in [1.82, 2.24) is 9.97 Å². The van der Waals surface area contributed by atoms with Crippen molar-refractivity contribution in [2.75, 3.05) is 17.7 Å². The van der Waals surface area contributed by atoms with E-state index in [1.165, 1.54) is 7.11 Å². The molecule has 0 aliphatic carbocycles. The van der Waals surface area contributed by atoms with E-state index >= 15 is 0 Å². The number of carbonyl (C=O) groups excluding carboxylic acids is 2. The van der Waals surface area contributed by atoms with Crippen molar-refractivity contribution in [2.45, 2.75) is 33.2 Å². The second kappa shape index (κ2) is 7.29. The minimum Gasteiger partial charge on any atom is -0.465 e. The molecule has 0 saturated heterocycles. The molecule has 0 fully saturated rings. The molecule has 1 aromatic carbocycles. The zero-order valence-corrected chi connectivity index (χ0v) is 15.0. The van der Waals surface area contributed by atoms with Crippen LogP contribution >= 0.6 is 0 Å². The van der Waals surface area contributed by atoms with E-state index in [1.807, 2.05) is 20.8 Å². The van der Waals surface area contributed by atoms with Crippen LogP contribution in [0.15, 0.2) is 30.3 Å². The lowest BCUT2D eigenvalue weighted by Crippen LogP contribution is -2.27. The Morgan fingerprint density at radius 1 is 1.08 bits per heavy atom. The van der Waals surface area contributed by atoms with E-state index in [0.717, 1.165) is 0 Å². The van der Waals surface area contributed by atoms with Crippen LogP contribution in [0.2, 0.25) is 0 Å². The summed E-state index contributed by atoms with van der Waals surface area (Å²) in [6.45, 7) is 7.75. The predicted molar refractivity (Wildman–Crippen MR) is 95.9 cm³/mol. The van der Waals surface area contributed by atoms with Gasteiger partial charge in [0.15, 0.2) is 0 Å². The molecule has 2 aromatic rings. The predicted octanol–water partition coefficient (Wildman–Crippen LogP) is 3.03. The van der Waals surface area contributed by atoms with E-state index in [4.69, 9.17) is 0 Å². The average Bonchev–Trinajstić information content (AvgIpc) is 2.52. The number of anilines is 2. The van der Waals surface area contributed by atoms with Gasteiger partial charge in [-0.25, -0.2) is 14.8 Å². The molecular formula is C18H22N4O3. The zero-order chi connectivity index (χ0) is 18.6.